The predicted molar refractivity (Wildman–Crippen MR) is 75.4 cm³/mol. The summed E-state index contributed by atoms with van der Waals surface area (Å²) in [4.78, 5) is 34.3. The number of nitrogens with zero attached hydrogens (tertiary/aromatic N) is 4. The molecule has 0 saturated carbocycles. The Morgan fingerprint density at radius 3 is 2.90 bits per heavy atom. The van der Waals surface area contributed by atoms with E-state index in [4.69, 9.17) is 11.6 Å². The summed E-state index contributed by atoms with van der Waals surface area (Å²) in [5.41, 5.74) is -1.64. The van der Waals surface area contributed by atoms with Gasteiger partial charge in [0.15, 0.2) is 5.16 Å². The Morgan fingerprint density at radius 2 is 2.20 bits per heavy atom. The van der Waals surface area contributed by atoms with Crippen molar-refractivity contribution in [3.05, 3.63) is 31.9 Å². The second-order valence-corrected chi connectivity index (χ2v) is 5.04. The van der Waals surface area contributed by atoms with Gasteiger partial charge in [0.25, 0.3) is 0 Å². The molecule has 0 unspecified atom stereocenters. The Bertz CT molecular complexity index is 743. The van der Waals surface area contributed by atoms with Crippen molar-refractivity contribution < 1.29 is 0 Å². The third-order valence-corrected chi connectivity index (χ3v) is 3.62. The van der Waals surface area contributed by atoms with E-state index in [1.54, 1.807) is 7.05 Å². The van der Waals surface area contributed by atoms with Crippen LogP contribution in [-0.2, 0) is 7.05 Å². The molecule has 2 heterocycles. The zero-order chi connectivity index (χ0) is 14.7. The number of hydrogen-bond donors (Lipinski definition) is 2. The van der Waals surface area contributed by atoms with E-state index < -0.39 is 11.1 Å². The molecule has 0 radical (unpaired) electrons. The quantitative estimate of drug-likeness (QED) is 0.625. The lowest BCUT2D eigenvalue weighted by atomic mass is 10.6. The number of aromatic nitrogens is 5. The molecule has 0 aromatic carbocycles. The van der Waals surface area contributed by atoms with Gasteiger partial charge in [0.1, 0.15) is 5.03 Å². The van der Waals surface area contributed by atoms with Crippen LogP contribution < -0.4 is 16.4 Å². The van der Waals surface area contributed by atoms with E-state index in [1.807, 2.05) is 6.92 Å². The van der Waals surface area contributed by atoms with Gasteiger partial charge in [-0.2, -0.15) is 4.98 Å². The number of nitrogens with one attached hydrogen (secondary N) is 2. The second kappa shape index (κ2) is 6.06. The van der Waals surface area contributed by atoms with E-state index in [9.17, 15) is 9.59 Å². The summed E-state index contributed by atoms with van der Waals surface area (Å²) >= 11 is 7.07. The van der Waals surface area contributed by atoms with Crippen molar-refractivity contribution in [1.29, 1.82) is 0 Å². The topological polar surface area (TPSA) is 106 Å². The van der Waals surface area contributed by atoms with Crippen LogP contribution >= 0.6 is 23.4 Å². The van der Waals surface area contributed by atoms with Crippen LogP contribution in [0.2, 0.25) is 5.02 Å². The molecule has 106 valence electrons. The molecule has 0 amide bonds. The summed E-state index contributed by atoms with van der Waals surface area (Å²) in [5.74, 6) is 0.425. The van der Waals surface area contributed by atoms with E-state index in [0.29, 0.717) is 22.5 Å². The van der Waals surface area contributed by atoms with Gasteiger partial charge in [0.05, 0.1) is 11.2 Å². The van der Waals surface area contributed by atoms with Crippen molar-refractivity contribution in [3.63, 3.8) is 0 Å². The molecule has 20 heavy (non-hydrogen) atoms. The van der Waals surface area contributed by atoms with Gasteiger partial charge in [-0.25, -0.2) is 9.97 Å². The van der Waals surface area contributed by atoms with Gasteiger partial charge in [0.2, 0.25) is 5.95 Å². The Hall–Kier alpha value is -1.87. The van der Waals surface area contributed by atoms with Gasteiger partial charge in [-0.1, -0.05) is 11.6 Å². The van der Waals surface area contributed by atoms with E-state index in [2.05, 4.69) is 25.4 Å². The average Bonchev–Trinajstić information content (AvgIpc) is 2.40. The number of H-pyrrole nitrogens is 1. The first-order chi connectivity index (χ1) is 9.51. The van der Waals surface area contributed by atoms with Crippen molar-refractivity contribution in [2.75, 3.05) is 11.9 Å². The van der Waals surface area contributed by atoms with Crippen molar-refractivity contribution >= 4 is 29.3 Å². The fourth-order valence-corrected chi connectivity index (χ4v) is 2.28. The highest BCUT2D eigenvalue weighted by atomic mass is 35.5. The molecule has 0 aliphatic carbocycles. The summed E-state index contributed by atoms with van der Waals surface area (Å²) in [6, 6.07) is 0. The highest BCUT2D eigenvalue weighted by Gasteiger charge is 2.11. The summed E-state index contributed by atoms with van der Waals surface area (Å²) < 4.78 is 1.33. The highest BCUT2D eigenvalue weighted by Crippen LogP contribution is 2.29. The first-order valence-corrected chi connectivity index (χ1v) is 6.82. The van der Waals surface area contributed by atoms with Gasteiger partial charge in [-0.3, -0.25) is 19.4 Å². The minimum absolute atomic E-state index is 0.276. The number of aryl methyl sites for hydroxylation is 1. The maximum Gasteiger partial charge on any atom is 0.339 e. The summed E-state index contributed by atoms with van der Waals surface area (Å²) in [7, 11) is 1.57. The molecule has 0 aliphatic heterocycles. The Labute approximate surface area is 122 Å². The summed E-state index contributed by atoms with van der Waals surface area (Å²) in [6.45, 7) is 2.58. The molecule has 2 rings (SSSR count). The lowest BCUT2D eigenvalue weighted by Gasteiger charge is -2.08. The van der Waals surface area contributed by atoms with Gasteiger partial charge in [-0.15, -0.1) is 0 Å². The second-order valence-electron chi connectivity index (χ2n) is 3.68. The maximum atomic E-state index is 11.3. The first-order valence-electron chi connectivity index (χ1n) is 5.63. The molecule has 0 atom stereocenters. The third kappa shape index (κ3) is 3.17. The molecule has 2 N–H and O–H groups in total. The standard InChI is InChI=1S/C10H11ClN6O2S/c1-3-12-9-13-4-5(11)8(15-9)20-10-14-6(18)7(19)16-17(10)2/h4H,3H2,1-2H3,(H,16,19)(H,12,13,15). The fraction of sp³-hybridized carbons (Fsp3) is 0.300. The van der Waals surface area contributed by atoms with Crippen LogP contribution in [0.1, 0.15) is 6.92 Å². The van der Waals surface area contributed by atoms with Crippen LogP contribution in [0.5, 0.6) is 0 Å². The minimum Gasteiger partial charge on any atom is -0.354 e. The van der Waals surface area contributed by atoms with Gasteiger partial charge >= 0.3 is 11.1 Å². The largest absolute Gasteiger partial charge is 0.354 e. The number of anilines is 1. The molecule has 10 heteroatoms. The van der Waals surface area contributed by atoms with E-state index >= 15 is 0 Å². The molecule has 2 aromatic rings. The van der Waals surface area contributed by atoms with Crippen LogP contribution in [0.15, 0.2) is 26.0 Å². The highest BCUT2D eigenvalue weighted by molar-refractivity contribution is 7.99. The fourth-order valence-electron chi connectivity index (χ4n) is 1.30. The summed E-state index contributed by atoms with van der Waals surface area (Å²) in [5, 5.41) is 6.35. The number of hydrogen-bond acceptors (Lipinski definition) is 7. The maximum absolute atomic E-state index is 11.3. The molecule has 2 aromatic heterocycles. The molecule has 0 saturated heterocycles. The molecule has 0 bridgehead atoms. The first kappa shape index (κ1) is 14.5. The summed E-state index contributed by atoms with van der Waals surface area (Å²) in [6.07, 6.45) is 1.46. The molecular weight excluding hydrogens is 304 g/mol. The molecule has 0 fully saturated rings. The van der Waals surface area contributed by atoms with Crippen molar-refractivity contribution in [2.24, 2.45) is 7.05 Å². The zero-order valence-corrected chi connectivity index (χ0v) is 12.2. The van der Waals surface area contributed by atoms with Crippen molar-refractivity contribution in [2.45, 2.75) is 17.1 Å². The van der Waals surface area contributed by atoms with Crippen LogP contribution in [0, 0.1) is 0 Å². The van der Waals surface area contributed by atoms with Gasteiger partial charge in [-0.05, 0) is 18.7 Å². The van der Waals surface area contributed by atoms with E-state index in [-0.39, 0.29) is 5.16 Å². The molecule has 0 spiro atoms. The molecule has 8 nitrogen and oxygen atoms in total. The number of aromatic amines is 1. The minimum atomic E-state index is -0.859. The average molecular weight is 315 g/mol. The SMILES string of the molecule is CCNc1ncc(Cl)c(Sc2nc(=O)c(=O)[nH]n2C)n1. The van der Waals surface area contributed by atoms with E-state index in [0.717, 1.165) is 11.8 Å². The van der Waals surface area contributed by atoms with Crippen LogP contribution in [0.3, 0.4) is 0 Å². The monoisotopic (exact) mass is 314 g/mol. The van der Waals surface area contributed by atoms with Gasteiger partial charge < -0.3 is 5.32 Å². The van der Waals surface area contributed by atoms with Crippen LogP contribution in [0.4, 0.5) is 5.95 Å². The molecular formula is C10H11ClN6O2S. The number of halogens is 1. The Morgan fingerprint density at radius 1 is 1.45 bits per heavy atom. The smallest absolute Gasteiger partial charge is 0.339 e. The predicted octanol–water partition coefficient (Wildman–Crippen LogP) is 0.495. The Balaban J connectivity index is 2.39. The van der Waals surface area contributed by atoms with Gasteiger partial charge in [0, 0.05) is 13.6 Å². The zero-order valence-electron chi connectivity index (χ0n) is 10.7. The van der Waals surface area contributed by atoms with Crippen molar-refractivity contribution in [3.8, 4) is 0 Å². The van der Waals surface area contributed by atoms with Crippen LogP contribution in [0.25, 0.3) is 0 Å². The lowest BCUT2D eigenvalue weighted by Crippen LogP contribution is -2.33. The van der Waals surface area contributed by atoms with Crippen molar-refractivity contribution in [1.82, 2.24) is 24.7 Å². The third-order valence-electron chi connectivity index (χ3n) is 2.18. The van der Waals surface area contributed by atoms with E-state index in [1.165, 1.54) is 10.9 Å². The number of rotatable bonds is 4. The normalized spacial score (nSPS) is 10.6. The van der Waals surface area contributed by atoms with Crippen LogP contribution in [-0.4, -0.2) is 31.3 Å². The lowest BCUT2D eigenvalue weighted by molar-refractivity contribution is 0.596. The molecule has 0 aliphatic rings. The Kier molecular flexibility index (Phi) is 4.40.